The van der Waals surface area contributed by atoms with E-state index in [2.05, 4.69) is 45.2 Å². The molecule has 5 aromatic rings. The average Bonchev–Trinajstić information content (AvgIpc) is 3.39. The van der Waals surface area contributed by atoms with Gasteiger partial charge in [0.2, 0.25) is 0 Å². The molecule has 194 valence electrons. The molecule has 9 nitrogen and oxygen atoms in total. The number of benzene rings is 1. The van der Waals surface area contributed by atoms with Crippen molar-refractivity contribution < 1.29 is 4.74 Å². The Bertz CT molecular complexity index is 1690. The Kier molecular flexibility index (Phi) is 6.25. The summed E-state index contributed by atoms with van der Waals surface area (Å²) in [6.07, 6.45) is 3.73. The number of rotatable bonds is 3. The molecule has 0 saturated carbocycles. The van der Waals surface area contributed by atoms with E-state index >= 15 is 0 Å². The van der Waals surface area contributed by atoms with E-state index in [0.29, 0.717) is 24.6 Å². The molecule has 0 aliphatic carbocycles. The maximum atomic E-state index is 5.58. The van der Waals surface area contributed by atoms with E-state index in [-0.39, 0.29) is 0 Å². The first kappa shape index (κ1) is 23.6. The lowest BCUT2D eigenvalue weighted by molar-refractivity contribution is 0.123. The summed E-state index contributed by atoms with van der Waals surface area (Å²) in [7, 11) is 0. The smallest absolute Gasteiger partial charge is 0.179 e. The molecule has 2 aliphatic heterocycles. The van der Waals surface area contributed by atoms with Gasteiger partial charge in [-0.25, -0.2) is 19.5 Å². The van der Waals surface area contributed by atoms with Crippen LogP contribution in [0.5, 0.6) is 0 Å². The van der Waals surface area contributed by atoms with Gasteiger partial charge in [-0.15, -0.1) is 0 Å². The third-order valence-corrected chi connectivity index (χ3v) is 7.22. The Labute approximate surface area is 226 Å². The zero-order valence-electron chi connectivity index (χ0n) is 21.5. The van der Waals surface area contributed by atoms with Crippen LogP contribution in [-0.2, 0) is 4.74 Å². The predicted molar refractivity (Wildman–Crippen MR) is 152 cm³/mol. The number of aromatic nitrogens is 5. The summed E-state index contributed by atoms with van der Waals surface area (Å²) in [6, 6.07) is 18.2. The first-order valence-electron chi connectivity index (χ1n) is 13.3. The molecule has 1 N–H and O–H groups in total. The zero-order valence-corrected chi connectivity index (χ0v) is 21.5. The summed E-state index contributed by atoms with van der Waals surface area (Å²) in [5.74, 6) is 7.54. The van der Waals surface area contributed by atoms with E-state index < -0.39 is 0 Å². The van der Waals surface area contributed by atoms with Crippen molar-refractivity contribution in [3.63, 3.8) is 0 Å². The van der Waals surface area contributed by atoms with E-state index in [0.717, 1.165) is 78.6 Å². The second-order valence-corrected chi connectivity index (χ2v) is 9.64. The van der Waals surface area contributed by atoms with E-state index in [9.17, 15) is 0 Å². The second-order valence-electron chi connectivity index (χ2n) is 9.64. The van der Waals surface area contributed by atoms with Gasteiger partial charge in [0, 0.05) is 56.4 Å². The standard InChI is InChI=1S/C30H28N8O/c1-2-4-25-22(3-1)5-7-24(34-25)8-9-26-29(23-6-10-28(32-21-23)37-15-13-31-14-16-37)38-30(35-26)27(11-12-33-38)36-17-19-39-20-18-36/h1-7,10-12,21,31H,13-20H2. The molecular formula is C30H28N8O. The van der Waals surface area contributed by atoms with Crippen molar-refractivity contribution in [1.29, 1.82) is 0 Å². The number of anilines is 2. The zero-order chi connectivity index (χ0) is 26.0. The Balaban J connectivity index is 1.33. The van der Waals surface area contributed by atoms with Crippen molar-refractivity contribution in [2.24, 2.45) is 0 Å². The lowest BCUT2D eigenvalue weighted by atomic mass is 10.1. The number of pyridine rings is 2. The minimum absolute atomic E-state index is 0.648. The molecule has 0 unspecified atom stereocenters. The van der Waals surface area contributed by atoms with Gasteiger partial charge < -0.3 is 19.9 Å². The highest BCUT2D eigenvalue weighted by Gasteiger charge is 2.21. The number of ether oxygens (including phenoxy) is 1. The Morgan fingerprint density at radius 2 is 1.69 bits per heavy atom. The second kappa shape index (κ2) is 10.3. The van der Waals surface area contributed by atoms with Crippen molar-refractivity contribution >= 4 is 28.1 Å². The van der Waals surface area contributed by atoms with Crippen molar-refractivity contribution in [2.75, 3.05) is 62.3 Å². The summed E-state index contributed by atoms with van der Waals surface area (Å²) in [5, 5.41) is 9.19. The van der Waals surface area contributed by atoms with Gasteiger partial charge in [-0.2, -0.15) is 5.10 Å². The molecule has 2 fully saturated rings. The summed E-state index contributed by atoms with van der Waals surface area (Å²) in [5.41, 5.74) is 5.81. The number of fused-ring (bicyclic) bond motifs is 2. The highest BCUT2D eigenvalue weighted by molar-refractivity contribution is 5.80. The van der Waals surface area contributed by atoms with Crippen LogP contribution in [0.4, 0.5) is 11.5 Å². The normalized spacial score (nSPS) is 15.9. The average molecular weight is 517 g/mol. The summed E-state index contributed by atoms with van der Waals surface area (Å²) < 4.78 is 7.47. The van der Waals surface area contributed by atoms with Gasteiger partial charge in [-0.3, -0.25) is 0 Å². The molecule has 7 rings (SSSR count). The maximum Gasteiger partial charge on any atom is 0.179 e. The lowest BCUT2D eigenvalue weighted by Crippen LogP contribution is -2.43. The van der Waals surface area contributed by atoms with Gasteiger partial charge in [0.25, 0.3) is 0 Å². The fourth-order valence-corrected chi connectivity index (χ4v) is 5.20. The fourth-order valence-electron chi connectivity index (χ4n) is 5.20. The molecule has 0 amide bonds. The quantitative estimate of drug-likeness (QED) is 0.367. The van der Waals surface area contributed by atoms with Crippen LogP contribution in [0, 0.1) is 11.8 Å². The number of morpholine rings is 1. The number of para-hydroxylation sites is 1. The van der Waals surface area contributed by atoms with Crippen LogP contribution < -0.4 is 15.1 Å². The van der Waals surface area contributed by atoms with Gasteiger partial charge in [-0.05, 0) is 42.2 Å². The molecule has 4 aromatic heterocycles. The lowest BCUT2D eigenvalue weighted by Gasteiger charge is -2.28. The van der Waals surface area contributed by atoms with Crippen molar-refractivity contribution in [3.8, 4) is 23.1 Å². The SMILES string of the molecule is C(#Cc1nc2c(N3CCOCC3)ccnn2c1-c1ccc(N2CCNCC2)nc1)c1ccc2ccccc2n1. The monoisotopic (exact) mass is 516 g/mol. The molecule has 0 bridgehead atoms. The van der Waals surface area contributed by atoms with Gasteiger partial charge in [0.1, 0.15) is 22.9 Å². The molecule has 0 atom stereocenters. The predicted octanol–water partition coefficient (Wildman–Crippen LogP) is 2.99. The summed E-state index contributed by atoms with van der Waals surface area (Å²) >= 11 is 0. The van der Waals surface area contributed by atoms with Crippen molar-refractivity contribution in [2.45, 2.75) is 0 Å². The third-order valence-electron chi connectivity index (χ3n) is 7.22. The summed E-state index contributed by atoms with van der Waals surface area (Å²) in [6.45, 7) is 6.83. The number of nitrogens with zero attached hydrogens (tertiary/aromatic N) is 7. The molecule has 9 heteroatoms. The van der Waals surface area contributed by atoms with Crippen LogP contribution >= 0.6 is 0 Å². The van der Waals surface area contributed by atoms with Crippen LogP contribution in [0.2, 0.25) is 0 Å². The van der Waals surface area contributed by atoms with Crippen LogP contribution in [-0.4, -0.2) is 77.0 Å². The van der Waals surface area contributed by atoms with Gasteiger partial charge in [0.15, 0.2) is 5.65 Å². The number of hydrogen-bond donors (Lipinski definition) is 1. The number of imidazole rings is 1. The number of piperazine rings is 1. The molecule has 1 aromatic carbocycles. The van der Waals surface area contributed by atoms with Gasteiger partial charge >= 0.3 is 0 Å². The molecular weight excluding hydrogens is 488 g/mol. The molecule has 0 spiro atoms. The molecule has 2 saturated heterocycles. The first-order chi connectivity index (χ1) is 19.3. The van der Waals surface area contributed by atoms with Crippen molar-refractivity contribution in [3.05, 3.63) is 78.4 Å². The molecule has 39 heavy (non-hydrogen) atoms. The highest BCUT2D eigenvalue weighted by atomic mass is 16.5. The van der Waals surface area contributed by atoms with Crippen LogP contribution in [0.25, 0.3) is 27.8 Å². The largest absolute Gasteiger partial charge is 0.378 e. The highest BCUT2D eigenvalue weighted by Crippen LogP contribution is 2.30. The van der Waals surface area contributed by atoms with Crippen LogP contribution in [0.15, 0.2) is 67.0 Å². The minimum atomic E-state index is 0.648. The van der Waals surface area contributed by atoms with E-state index in [1.54, 1.807) is 0 Å². The Morgan fingerprint density at radius 3 is 2.54 bits per heavy atom. The molecule has 0 radical (unpaired) electrons. The number of nitrogens with one attached hydrogen (secondary N) is 1. The van der Waals surface area contributed by atoms with E-state index in [1.165, 1.54) is 0 Å². The third kappa shape index (κ3) is 4.65. The van der Waals surface area contributed by atoms with Gasteiger partial charge in [0.05, 0.1) is 30.6 Å². The first-order valence-corrected chi connectivity index (χ1v) is 13.3. The van der Waals surface area contributed by atoms with Gasteiger partial charge in [-0.1, -0.05) is 24.3 Å². The maximum absolute atomic E-state index is 5.58. The Hall–Kier alpha value is -4.52. The summed E-state index contributed by atoms with van der Waals surface area (Å²) in [4.78, 5) is 19.2. The topological polar surface area (TPSA) is 83.7 Å². The molecule has 6 heterocycles. The minimum Gasteiger partial charge on any atom is -0.378 e. The van der Waals surface area contributed by atoms with E-state index in [1.807, 2.05) is 53.3 Å². The van der Waals surface area contributed by atoms with Crippen LogP contribution in [0.3, 0.4) is 0 Å². The van der Waals surface area contributed by atoms with Crippen LogP contribution in [0.1, 0.15) is 11.4 Å². The van der Waals surface area contributed by atoms with Crippen molar-refractivity contribution in [1.82, 2.24) is 29.9 Å². The van der Waals surface area contributed by atoms with E-state index in [4.69, 9.17) is 24.8 Å². The molecule has 2 aliphatic rings. The Morgan fingerprint density at radius 1 is 0.821 bits per heavy atom. The fraction of sp³-hybridized carbons (Fsp3) is 0.267. The number of hydrogen-bond acceptors (Lipinski definition) is 8.